The summed E-state index contributed by atoms with van der Waals surface area (Å²) in [5.74, 6) is -1.16. The fraction of sp³-hybridized carbons (Fsp3) is 0.0833. The molecule has 8 heteroatoms. The molecule has 1 amide bonds. The molecule has 3 aromatic rings. The van der Waals surface area contributed by atoms with E-state index in [4.69, 9.17) is 21.1 Å². The summed E-state index contributed by atoms with van der Waals surface area (Å²) >= 11 is 6.12. The molecular formula is C24H16ClNO6. The number of rotatable bonds is 3. The van der Waals surface area contributed by atoms with Gasteiger partial charge in [0.25, 0.3) is 11.7 Å². The summed E-state index contributed by atoms with van der Waals surface area (Å²) in [5.41, 5.74) is 1.14. The van der Waals surface area contributed by atoms with Crippen LogP contribution in [0.4, 0.5) is 5.69 Å². The van der Waals surface area contributed by atoms with Gasteiger partial charge in [-0.25, -0.2) is 0 Å². The highest BCUT2D eigenvalue weighted by Crippen LogP contribution is 2.44. The Kier molecular flexibility index (Phi) is 4.75. The third-order valence-corrected chi connectivity index (χ3v) is 5.72. The van der Waals surface area contributed by atoms with Gasteiger partial charge in [0.2, 0.25) is 6.79 Å². The highest BCUT2D eigenvalue weighted by Gasteiger charge is 2.47. The number of carbonyl (C=O) groups is 2. The minimum atomic E-state index is -0.957. The Morgan fingerprint density at radius 3 is 2.47 bits per heavy atom. The minimum Gasteiger partial charge on any atom is -0.507 e. The molecule has 0 saturated carbocycles. The zero-order valence-electron chi connectivity index (χ0n) is 16.5. The number of benzene rings is 3. The number of nitrogens with zero attached hydrogens (tertiary/aromatic N) is 1. The first kappa shape index (κ1) is 20.0. The van der Waals surface area contributed by atoms with Gasteiger partial charge in [-0.05, 0) is 48.0 Å². The normalized spacial score (nSPS) is 18.9. The summed E-state index contributed by atoms with van der Waals surface area (Å²) < 4.78 is 10.7. The summed E-state index contributed by atoms with van der Waals surface area (Å²) in [6, 6.07) is 16.9. The van der Waals surface area contributed by atoms with Gasteiger partial charge in [0, 0.05) is 11.3 Å². The number of aliphatic hydroxyl groups is 1. The van der Waals surface area contributed by atoms with Gasteiger partial charge in [0.05, 0.1) is 16.6 Å². The van der Waals surface area contributed by atoms with Crippen LogP contribution < -0.4 is 14.4 Å². The molecule has 5 rings (SSSR count). The first-order chi connectivity index (χ1) is 15.5. The Morgan fingerprint density at radius 2 is 1.72 bits per heavy atom. The van der Waals surface area contributed by atoms with Crippen LogP contribution in [-0.4, -0.2) is 28.7 Å². The maximum atomic E-state index is 13.1. The number of carbonyl (C=O) groups excluding carboxylic acids is 2. The van der Waals surface area contributed by atoms with Gasteiger partial charge in [0.15, 0.2) is 11.5 Å². The van der Waals surface area contributed by atoms with Crippen molar-refractivity contribution in [3.05, 3.63) is 88.5 Å². The van der Waals surface area contributed by atoms with E-state index in [9.17, 15) is 19.8 Å². The lowest BCUT2D eigenvalue weighted by atomic mass is 9.95. The second-order valence-corrected chi connectivity index (χ2v) is 7.69. The van der Waals surface area contributed by atoms with E-state index in [1.165, 1.54) is 17.0 Å². The number of phenolic OH excluding ortho intramolecular Hbond substituents is 1. The second-order valence-electron chi connectivity index (χ2n) is 7.28. The molecule has 1 atom stereocenters. The van der Waals surface area contributed by atoms with Gasteiger partial charge in [-0.15, -0.1) is 0 Å². The lowest BCUT2D eigenvalue weighted by Crippen LogP contribution is -2.29. The van der Waals surface area contributed by atoms with Gasteiger partial charge >= 0.3 is 0 Å². The Labute approximate surface area is 187 Å². The standard InChI is InChI=1S/C24H16ClNO6/c25-16-10-13(6-8-17(16)27)21-20(22(28)14-7-9-18-19(11-14)32-12-31-18)23(29)24(30)26(21)15-4-2-1-3-5-15/h1-11,21,27-28H,12H2/b22-20-. The van der Waals surface area contributed by atoms with Crippen molar-refractivity contribution in [3.63, 3.8) is 0 Å². The Balaban J connectivity index is 1.72. The SMILES string of the molecule is O=C1C(=O)N(c2ccccc2)C(c2ccc(O)c(Cl)c2)/C1=C(/O)c1ccc2c(c1)OCO2. The highest BCUT2D eigenvalue weighted by molar-refractivity contribution is 6.51. The van der Waals surface area contributed by atoms with Crippen LogP contribution in [0.3, 0.4) is 0 Å². The summed E-state index contributed by atoms with van der Waals surface area (Å²) in [5, 5.41) is 21.1. The number of phenols is 1. The van der Waals surface area contributed by atoms with Gasteiger partial charge in [-0.2, -0.15) is 0 Å². The van der Waals surface area contributed by atoms with E-state index in [0.29, 0.717) is 28.3 Å². The van der Waals surface area contributed by atoms with Crippen LogP contribution in [0, 0.1) is 0 Å². The molecule has 0 aliphatic carbocycles. The Morgan fingerprint density at radius 1 is 0.969 bits per heavy atom. The van der Waals surface area contributed by atoms with Crippen LogP contribution in [0.5, 0.6) is 17.2 Å². The van der Waals surface area contributed by atoms with Crippen LogP contribution >= 0.6 is 11.6 Å². The molecule has 0 aromatic heterocycles. The van der Waals surface area contributed by atoms with E-state index in [2.05, 4.69) is 0 Å². The highest BCUT2D eigenvalue weighted by atomic mass is 35.5. The fourth-order valence-electron chi connectivity index (χ4n) is 3.90. The molecule has 0 spiro atoms. The molecular weight excluding hydrogens is 434 g/mol. The van der Waals surface area contributed by atoms with Crippen LogP contribution in [0.25, 0.3) is 5.76 Å². The second kappa shape index (κ2) is 7.62. The summed E-state index contributed by atoms with van der Waals surface area (Å²) in [6.07, 6.45) is 0. The summed E-state index contributed by atoms with van der Waals surface area (Å²) in [4.78, 5) is 27.5. The molecule has 0 radical (unpaired) electrons. The van der Waals surface area contributed by atoms with E-state index in [1.807, 2.05) is 0 Å². The molecule has 3 aromatic carbocycles. The van der Waals surface area contributed by atoms with Crippen molar-refractivity contribution < 1.29 is 29.3 Å². The number of fused-ring (bicyclic) bond motifs is 1. The summed E-state index contributed by atoms with van der Waals surface area (Å²) in [7, 11) is 0. The largest absolute Gasteiger partial charge is 0.507 e. The van der Waals surface area contributed by atoms with Crippen molar-refractivity contribution in [3.8, 4) is 17.2 Å². The maximum Gasteiger partial charge on any atom is 0.300 e. The predicted octanol–water partition coefficient (Wildman–Crippen LogP) is 4.40. The average Bonchev–Trinajstić information content (AvgIpc) is 3.38. The lowest BCUT2D eigenvalue weighted by molar-refractivity contribution is -0.132. The molecule has 0 bridgehead atoms. The van der Waals surface area contributed by atoms with Gasteiger partial charge in [-0.3, -0.25) is 14.5 Å². The van der Waals surface area contributed by atoms with Crippen LogP contribution in [0.1, 0.15) is 17.2 Å². The van der Waals surface area contributed by atoms with Crippen LogP contribution in [0.15, 0.2) is 72.3 Å². The van der Waals surface area contributed by atoms with Crippen molar-refractivity contribution in [1.82, 2.24) is 0 Å². The van der Waals surface area contributed by atoms with Crippen LogP contribution in [-0.2, 0) is 9.59 Å². The molecule has 2 aliphatic heterocycles. The predicted molar refractivity (Wildman–Crippen MR) is 117 cm³/mol. The number of ether oxygens (including phenoxy) is 2. The van der Waals surface area contributed by atoms with E-state index in [1.54, 1.807) is 54.6 Å². The number of aromatic hydroxyl groups is 1. The van der Waals surface area contributed by atoms with E-state index in [-0.39, 0.29) is 28.9 Å². The van der Waals surface area contributed by atoms with E-state index < -0.39 is 17.7 Å². The van der Waals surface area contributed by atoms with Gasteiger partial charge in [-0.1, -0.05) is 35.9 Å². The van der Waals surface area contributed by atoms with Crippen molar-refractivity contribution >= 4 is 34.7 Å². The number of anilines is 1. The molecule has 1 unspecified atom stereocenters. The third kappa shape index (κ3) is 3.14. The molecule has 2 N–H and O–H groups in total. The quantitative estimate of drug-likeness (QED) is 0.349. The monoisotopic (exact) mass is 449 g/mol. The molecule has 1 fully saturated rings. The number of ketones is 1. The van der Waals surface area contributed by atoms with Crippen molar-refractivity contribution in [1.29, 1.82) is 0 Å². The third-order valence-electron chi connectivity index (χ3n) is 5.41. The zero-order valence-corrected chi connectivity index (χ0v) is 17.2. The molecule has 2 heterocycles. The zero-order chi connectivity index (χ0) is 22.4. The van der Waals surface area contributed by atoms with Crippen molar-refractivity contribution in [2.75, 3.05) is 11.7 Å². The number of halogens is 1. The Hall–Kier alpha value is -3.97. The smallest absolute Gasteiger partial charge is 0.300 e. The molecule has 7 nitrogen and oxygen atoms in total. The number of Topliss-reactive ketones (excluding diaryl/α,β-unsaturated/α-hetero) is 1. The lowest BCUT2D eigenvalue weighted by Gasteiger charge is -2.25. The summed E-state index contributed by atoms with van der Waals surface area (Å²) in [6.45, 7) is 0.0595. The first-order valence-corrected chi connectivity index (χ1v) is 10.1. The minimum absolute atomic E-state index is 0.0595. The average molecular weight is 450 g/mol. The number of para-hydroxylation sites is 1. The number of hydrogen-bond donors (Lipinski definition) is 2. The van der Waals surface area contributed by atoms with E-state index in [0.717, 1.165) is 0 Å². The maximum absolute atomic E-state index is 13.1. The van der Waals surface area contributed by atoms with Gasteiger partial charge in [0.1, 0.15) is 11.5 Å². The molecule has 160 valence electrons. The number of amides is 1. The van der Waals surface area contributed by atoms with Crippen molar-refractivity contribution in [2.24, 2.45) is 0 Å². The van der Waals surface area contributed by atoms with Crippen molar-refractivity contribution in [2.45, 2.75) is 6.04 Å². The number of hydrogen-bond acceptors (Lipinski definition) is 6. The first-order valence-electron chi connectivity index (χ1n) is 9.70. The van der Waals surface area contributed by atoms with E-state index >= 15 is 0 Å². The Bertz CT molecular complexity index is 1290. The molecule has 2 aliphatic rings. The number of aliphatic hydroxyl groups excluding tert-OH is 1. The molecule has 1 saturated heterocycles. The van der Waals surface area contributed by atoms with Gasteiger partial charge < -0.3 is 19.7 Å². The topological polar surface area (TPSA) is 96.3 Å². The molecule has 32 heavy (non-hydrogen) atoms. The fourth-order valence-corrected chi connectivity index (χ4v) is 4.08. The van der Waals surface area contributed by atoms with Crippen LogP contribution in [0.2, 0.25) is 5.02 Å².